The van der Waals surface area contributed by atoms with E-state index in [9.17, 15) is 0 Å². The van der Waals surface area contributed by atoms with E-state index in [2.05, 4.69) is 26.5 Å². The maximum Gasteiger partial charge on any atom is 0.165 e. The molecule has 1 aliphatic rings. The average Bonchev–Trinajstić information content (AvgIpc) is 3.11. The molecular formula is C16H17N5. The summed E-state index contributed by atoms with van der Waals surface area (Å²) >= 11 is 0. The fourth-order valence-corrected chi connectivity index (χ4v) is 3.06. The van der Waals surface area contributed by atoms with Gasteiger partial charge in [-0.15, -0.1) is 0 Å². The SMILES string of the molecule is CN1CCC(c2nc3cccnc3n2-c2ccccn2)C1. The zero-order valence-corrected chi connectivity index (χ0v) is 12.0. The Morgan fingerprint density at radius 3 is 2.76 bits per heavy atom. The Morgan fingerprint density at radius 2 is 2.00 bits per heavy atom. The fourth-order valence-electron chi connectivity index (χ4n) is 3.06. The Balaban J connectivity index is 1.93. The van der Waals surface area contributed by atoms with Crippen LogP contribution in [0.1, 0.15) is 18.2 Å². The van der Waals surface area contributed by atoms with E-state index < -0.39 is 0 Å². The van der Waals surface area contributed by atoms with Gasteiger partial charge in [0, 0.05) is 24.9 Å². The van der Waals surface area contributed by atoms with E-state index >= 15 is 0 Å². The van der Waals surface area contributed by atoms with Gasteiger partial charge >= 0.3 is 0 Å². The summed E-state index contributed by atoms with van der Waals surface area (Å²) in [5.41, 5.74) is 1.83. The number of fused-ring (bicyclic) bond motifs is 1. The largest absolute Gasteiger partial charge is 0.306 e. The number of hydrogen-bond acceptors (Lipinski definition) is 4. The van der Waals surface area contributed by atoms with Crippen molar-refractivity contribution in [1.82, 2.24) is 24.4 Å². The first-order valence-corrected chi connectivity index (χ1v) is 7.26. The summed E-state index contributed by atoms with van der Waals surface area (Å²) < 4.78 is 2.11. The Hall–Kier alpha value is -2.27. The van der Waals surface area contributed by atoms with Crippen LogP contribution in [0.25, 0.3) is 17.0 Å². The second-order valence-corrected chi connectivity index (χ2v) is 5.59. The zero-order valence-electron chi connectivity index (χ0n) is 12.0. The normalized spacial score (nSPS) is 19.4. The van der Waals surface area contributed by atoms with Crippen molar-refractivity contribution in [2.24, 2.45) is 0 Å². The molecule has 1 unspecified atom stereocenters. The van der Waals surface area contributed by atoms with E-state index in [1.165, 1.54) is 0 Å². The van der Waals surface area contributed by atoms with Crippen LogP contribution in [0.4, 0.5) is 0 Å². The highest BCUT2D eigenvalue weighted by Crippen LogP contribution is 2.29. The number of rotatable bonds is 2. The molecule has 0 spiro atoms. The van der Waals surface area contributed by atoms with Crippen molar-refractivity contribution in [1.29, 1.82) is 0 Å². The predicted octanol–water partition coefficient (Wildman–Crippen LogP) is 2.23. The number of likely N-dealkylation sites (tertiary alicyclic amines) is 1. The van der Waals surface area contributed by atoms with Gasteiger partial charge in [-0.05, 0) is 44.3 Å². The summed E-state index contributed by atoms with van der Waals surface area (Å²) in [4.78, 5) is 16.2. The molecule has 106 valence electrons. The summed E-state index contributed by atoms with van der Waals surface area (Å²) in [5, 5.41) is 0. The molecule has 0 N–H and O–H groups in total. The van der Waals surface area contributed by atoms with Crippen LogP contribution < -0.4 is 0 Å². The third-order valence-corrected chi connectivity index (χ3v) is 4.08. The van der Waals surface area contributed by atoms with Gasteiger partial charge < -0.3 is 4.90 Å². The van der Waals surface area contributed by atoms with Gasteiger partial charge in [0.15, 0.2) is 5.65 Å². The third kappa shape index (κ3) is 2.10. The second-order valence-electron chi connectivity index (χ2n) is 5.59. The molecule has 5 heteroatoms. The topological polar surface area (TPSA) is 46.8 Å². The second kappa shape index (κ2) is 4.93. The van der Waals surface area contributed by atoms with Crippen molar-refractivity contribution in [3.05, 3.63) is 48.5 Å². The standard InChI is InChI=1S/C16H17N5/c1-20-10-7-12(11-20)15-19-13-5-4-9-18-16(13)21(15)14-6-2-3-8-17-14/h2-6,8-9,12H,7,10-11H2,1H3. The molecule has 21 heavy (non-hydrogen) atoms. The lowest BCUT2D eigenvalue weighted by Crippen LogP contribution is -2.15. The minimum absolute atomic E-state index is 0.436. The van der Waals surface area contributed by atoms with E-state index in [1.807, 2.05) is 42.7 Å². The van der Waals surface area contributed by atoms with Gasteiger partial charge in [-0.25, -0.2) is 15.0 Å². The fraction of sp³-hybridized carbons (Fsp3) is 0.312. The first-order chi connectivity index (χ1) is 10.3. The summed E-state index contributed by atoms with van der Waals surface area (Å²) in [6.07, 6.45) is 4.76. The summed E-state index contributed by atoms with van der Waals surface area (Å²) in [7, 11) is 2.16. The summed E-state index contributed by atoms with van der Waals surface area (Å²) in [5.74, 6) is 2.40. The number of aromatic nitrogens is 4. The molecule has 1 aliphatic heterocycles. The molecule has 4 heterocycles. The number of nitrogens with zero attached hydrogens (tertiary/aromatic N) is 5. The molecule has 0 saturated carbocycles. The predicted molar refractivity (Wildman–Crippen MR) is 81.5 cm³/mol. The molecule has 3 aromatic rings. The van der Waals surface area contributed by atoms with Crippen molar-refractivity contribution < 1.29 is 0 Å². The molecule has 3 aromatic heterocycles. The Kier molecular flexibility index (Phi) is 2.93. The van der Waals surface area contributed by atoms with Crippen LogP contribution in [0.15, 0.2) is 42.7 Å². The maximum atomic E-state index is 4.84. The Labute approximate surface area is 123 Å². The van der Waals surface area contributed by atoms with Gasteiger partial charge in [-0.1, -0.05) is 6.07 Å². The number of hydrogen-bond donors (Lipinski definition) is 0. The van der Waals surface area contributed by atoms with Crippen molar-refractivity contribution >= 4 is 11.2 Å². The molecule has 1 saturated heterocycles. The highest BCUT2D eigenvalue weighted by molar-refractivity contribution is 5.73. The van der Waals surface area contributed by atoms with Gasteiger partial charge in [0.1, 0.15) is 17.2 Å². The molecule has 5 nitrogen and oxygen atoms in total. The van der Waals surface area contributed by atoms with Crippen LogP contribution in [0.2, 0.25) is 0 Å². The lowest BCUT2D eigenvalue weighted by Gasteiger charge is -2.12. The quantitative estimate of drug-likeness (QED) is 0.721. The number of pyridine rings is 2. The molecule has 1 fully saturated rings. The van der Waals surface area contributed by atoms with Gasteiger partial charge in [-0.3, -0.25) is 4.57 Å². The average molecular weight is 279 g/mol. The first kappa shape index (κ1) is 12.5. The molecule has 0 amide bonds. The molecule has 0 aliphatic carbocycles. The van der Waals surface area contributed by atoms with Gasteiger partial charge in [-0.2, -0.15) is 0 Å². The van der Waals surface area contributed by atoms with Crippen LogP contribution in [0, 0.1) is 0 Å². The van der Waals surface area contributed by atoms with E-state index in [0.717, 1.165) is 42.3 Å². The van der Waals surface area contributed by atoms with Crippen LogP contribution in [0.5, 0.6) is 0 Å². The van der Waals surface area contributed by atoms with Crippen LogP contribution in [-0.4, -0.2) is 44.6 Å². The highest BCUT2D eigenvalue weighted by atomic mass is 15.2. The zero-order chi connectivity index (χ0) is 14.2. The number of likely N-dealkylation sites (N-methyl/N-ethyl adjacent to an activating group) is 1. The molecular weight excluding hydrogens is 262 g/mol. The van der Waals surface area contributed by atoms with Crippen LogP contribution in [-0.2, 0) is 0 Å². The Bertz CT molecular complexity index is 765. The lowest BCUT2D eigenvalue weighted by molar-refractivity contribution is 0.409. The van der Waals surface area contributed by atoms with Crippen molar-refractivity contribution in [3.63, 3.8) is 0 Å². The molecule has 0 aromatic carbocycles. The third-order valence-electron chi connectivity index (χ3n) is 4.08. The van der Waals surface area contributed by atoms with Gasteiger partial charge in [0.2, 0.25) is 0 Å². The van der Waals surface area contributed by atoms with Crippen LogP contribution in [0.3, 0.4) is 0 Å². The molecule has 1 atom stereocenters. The molecule has 0 bridgehead atoms. The van der Waals surface area contributed by atoms with Gasteiger partial charge in [0.05, 0.1) is 0 Å². The lowest BCUT2D eigenvalue weighted by atomic mass is 10.1. The van der Waals surface area contributed by atoms with E-state index in [1.54, 1.807) is 0 Å². The van der Waals surface area contributed by atoms with Crippen LogP contribution >= 0.6 is 0 Å². The Morgan fingerprint density at radius 1 is 1.10 bits per heavy atom. The molecule has 0 radical (unpaired) electrons. The number of imidazole rings is 1. The maximum absolute atomic E-state index is 4.84. The summed E-state index contributed by atoms with van der Waals surface area (Å²) in [6.45, 7) is 2.15. The molecule has 4 rings (SSSR count). The minimum atomic E-state index is 0.436. The van der Waals surface area contributed by atoms with E-state index in [0.29, 0.717) is 5.92 Å². The first-order valence-electron chi connectivity index (χ1n) is 7.26. The smallest absolute Gasteiger partial charge is 0.165 e. The van der Waals surface area contributed by atoms with Crippen molar-refractivity contribution in [2.45, 2.75) is 12.3 Å². The highest BCUT2D eigenvalue weighted by Gasteiger charge is 2.27. The van der Waals surface area contributed by atoms with Crippen molar-refractivity contribution in [2.75, 3.05) is 20.1 Å². The van der Waals surface area contributed by atoms with Crippen molar-refractivity contribution in [3.8, 4) is 5.82 Å². The monoisotopic (exact) mass is 279 g/mol. The summed E-state index contributed by atoms with van der Waals surface area (Å²) in [6, 6.07) is 9.89. The minimum Gasteiger partial charge on any atom is -0.306 e. The van der Waals surface area contributed by atoms with Gasteiger partial charge in [0.25, 0.3) is 0 Å². The van der Waals surface area contributed by atoms with E-state index in [-0.39, 0.29) is 0 Å². The van der Waals surface area contributed by atoms with E-state index in [4.69, 9.17) is 4.98 Å².